The minimum absolute atomic E-state index is 0.0965. The zero-order valence-corrected chi connectivity index (χ0v) is 14.2. The Labute approximate surface area is 147 Å². The SMILES string of the molecule is Fc1cccnc1NC1COC2(CCCN(Cc3ccccn3)C2)C1. The number of hydrogen-bond acceptors (Lipinski definition) is 5. The lowest BCUT2D eigenvalue weighted by Crippen LogP contribution is -2.47. The van der Waals surface area contributed by atoms with Crippen molar-refractivity contribution in [3.63, 3.8) is 0 Å². The number of hydrogen-bond donors (Lipinski definition) is 1. The van der Waals surface area contributed by atoms with Crippen LogP contribution in [-0.2, 0) is 11.3 Å². The maximum Gasteiger partial charge on any atom is 0.165 e. The molecule has 2 saturated heterocycles. The summed E-state index contributed by atoms with van der Waals surface area (Å²) in [6.07, 6.45) is 6.47. The van der Waals surface area contributed by atoms with Crippen LogP contribution < -0.4 is 5.32 Å². The molecule has 0 saturated carbocycles. The molecule has 0 aliphatic carbocycles. The van der Waals surface area contributed by atoms with Crippen molar-refractivity contribution in [3.8, 4) is 0 Å². The molecule has 0 aromatic carbocycles. The lowest BCUT2D eigenvalue weighted by Gasteiger charge is -2.39. The molecule has 4 rings (SSSR count). The molecule has 132 valence electrons. The van der Waals surface area contributed by atoms with Gasteiger partial charge in [0.25, 0.3) is 0 Å². The van der Waals surface area contributed by atoms with E-state index in [1.54, 1.807) is 12.3 Å². The molecule has 2 unspecified atom stereocenters. The monoisotopic (exact) mass is 342 g/mol. The predicted octanol–water partition coefficient (Wildman–Crippen LogP) is 2.85. The molecule has 2 aliphatic heterocycles. The summed E-state index contributed by atoms with van der Waals surface area (Å²) in [6, 6.07) is 9.15. The topological polar surface area (TPSA) is 50.3 Å². The minimum Gasteiger partial charge on any atom is -0.371 e. The molecule has 1 N–H and O–H groups in total. The molecule has 2 aromatic heterocycles. The minimum atomic E-state index is -0.316. The van der Waals surface area contributed by atoms with E-state index >= 15 is 0 Å². The van der Waals surface area contributed by atoms with Crippen molar-refractivity contribution < 1.29 is 9.13 Å². The largest absolute Gasteiger partial charge is 0.371 e. The summed E-state index contributed by atoms with van der Waals surface area (Å²) in [6.45, 7) is 3.40. The predicted molar refractivity (Wildman–Crippen MR) is 93.7 cm³/mol. The summed E-state index contributed by atoms with van der Waals surface area (Å²) >= 11 is 0. The van der Waals surface area contributed by atoms with Gasteiger partial charge in [0.1, 0.15) is 0 Å². The molecular weight excluding hydrogens is 319 g/mol. The van der Waals surface area contributed by atoms with Crippen LogP contribution in [-0.4, -0.2) is 46.2 Å². The molecule has 2 aromatic rings. The van der Waals surface area contributed by atoms with Gasteiger partial charge in [-0.15, -0.1) is 0 Å². The van der Waals surface area contributed by atoms with Gasteiger partial charge in [0.05, 0.1) is 23.9 Å². The van der Waals surface area contributed by atoms with Gasteiger partial charge in [-0.2, -0.15) is 0 Å². The number of piperidine rings is 1. The van der Waals surface area contributed by atoms with Crippen molar-refractivity contribution in [2.45, 2.75) is 37.5 Å². The maximum absolute atomic E-state index is 13.8. The van der Waals surface area contributed by atoms with Crippen LogP contribution >= 0.6 is 0 Å². The smallest absolute Gasteiger partial charge is 0.165 e. The molecule has 2 atom stereocenters. The van der Waals surface area contributed by atoms with Crippen LogP contribution in [0.1, 0.15) is 25.0 Å². The number of anilines is 1. The molecule has 25 heavy (non-hydrogen) atoms. The van der Waals surface area contributed by atoms with E-state index in [1.807, 2.05) is 18.3 Å². The first-order valence-corrected chi connectivity index (χ1v) is 8.86. The number of rotatable bonds is 4. The van der Waals surface area contributed by atoms with Gasteiger partial charge in [-0.3, -0.25) is 9.88 Å². The fourth-order valence-electron chi connectivity index (χ4n) is 3.95. The quantitative estimate of drug-likeness (QED) is 0.926. The van der Waals surface area contributed by atoms with Gasteiger partial charge in [0.15, 0.2) is 11.6 Å². The van der Waals surface area contributed by atoms with E-state index in [2.05, 4.69) is 26.3 Å². The summed E-state index contributed by atoms with van der Waals surface area (Å²) in [5.74, 6) is -0.00169. The van der Waals surface area contributed by atoms with Crippen LogP contribution in [0.25, 0.3) is 0 Å². The molecule has 2 aliphatic rings. The third-order valence-electron chi connectivity index (χ3n) is 5.04. The Hall–Kier alpha value is -2.05. The van der Waals surface area contributed by atoms with Crippen molar-refractivity contribution in [2.75, 3.05) is 25.0 Å². The van der Waals surface area contributed by atoms with E-state index in [0.29, 0.717) is 12.4 Å². The van der Waals surface area contributed by atoms with Gasteiger partial charge in [-0.25, -0.2) is 9.37 Å². The van der Waals surface area contributed by atoms with Crippen LogP contribution in [0.4, 0.5) is 10.2 Å². The first kappa shape index (κ1) is 16.4. The molecule has 1 spiro atoms. The van der Waals surface area contributed by atoms with Gasteiger partial charge in [-0.05, 0) is 43.7 Å². The summed E-state index contributed by atoms with van der Waals surface area (Å²) in [5, 5.41) is 3.20. The third kappa shape index (κ3) is 3.80. The Morgan fingerprint density at radius 3 is 3.00 bits per heavy atom. The highest BCUT2D eigenvalue weighted by molar-refractivity contribution is 5.37. The normalized spacial score (nSPS) is 26.8. The molecule has 0 amide bonds. The fraction of sp³-hybridized carbons (Fsp3) is 0.474. The standard InChI is InChI=1S/C19H23FN4O/c20-17-6-3-9-22-18(17)23-16-11-19(25-13-16)7-4-10-24(14-19)12-15-5-1-2-8-21-15/h1-3,5-6,8-9,16H,4,7,10-14H2,(H,22,23). The number of aromatic nitrogens is 2. The van der Waals surface area contributed by atoms with Crippen molar-refractivity contribution in [1.82, 2.24) is 14.9 Å². The van der Waals surface area contributed by atoms with Crippen LogP contribution in [0.2, 0.25) is 0 Å². The van der Waals surface area contributed by atoms with Gasteiger partial charge < -0.3 is 10.1 Å². The van der Waals surface area contributed by atoms with Gasteiger partial charge in [-0.1, -0.05) is 6.07 Å². The summed E-state index contributed by atoms with van der Waals surface area (Å²) in [4.78, 5) is 10.9. The van der Waals surface area contributed by atoms with Crippen LogP contribution in [0.3, 0.4) is 0 Å². The van der Waals surface area contributed by atoms with Gasteiger partial charge in [0.2, 0.25) is 0 Å². The highest BCUT2D eigenvalue weighted by atomic mass is 19.1. The lowest BCUT2D eigenvalue weighted by atomic mass is 9.88. The molecule has 5 nitrogen and oxygen atoms in total. The molecule has 0 bridgehead atoms. The van der Waals surface area contributed by atoms with E-state index < -0.39 is 0 Å². The Morgan fingerprint density at radius 2 is 2.16 bits per heavy atom. The molecular formula is C19H23FN4O. The van der Waals surface area contributed by atoms with Crippen molar-refractivity contribution in [3.05, 3.63) is 54.2 Å². The van der Waals surface area contributed by atoms with Crippen molar-refractivity contribution in [1.29, 1.82) is 0 Å². The van der Waals surface area contributed by atoms with Gasteiger partial charge in [0, 0.05) is 31.9 Å². The van der Waals surface area contributed by atoms with E-state index in [0.717, 1.165) is 44.6 Å². The summed E-state index contributed by atoms with van der Waals surface area (Å²) < 4.78 is 20.0. The zero-order valence-electron chi connectivity index (χ0n) is 14.2. The van der Waals surface area contributed by atoms with E-state index in [1.165, 1.54) is 6.07 Å². The van der Waals surface area contributed by atoms with Gasteiger partial charge >= 0.3 is 0 Å². The maximum atomic E-state index is 13.8. The Bertz CT molecular complexity index is 714. The zero-order chi connectivity index (χ0) is 17.1. The average molecular weight is 342 g/mol. The Morgan fingerprint density at radius 1 is 1.24 bits per heavy atom. The highest BCUT2D eigenvalue weighted by Gasteiger charge is 2.43. The highest BCUT2D eigenvalue weighted by Crippen LogP contribution is 2.36. The van der Waals surface area contributed by atoms with E-state index in [9.17, 15) is 4.39 Å². The molecule has 4 heterocycles. The average Bonchev–Trinajstić information content (AvgIpc) is 3.00. The second kappa shape index (κ2) is 7.06. The number of halogens is 1. The first-order chi connectivity index (χ1) is 12.2. The number of likely N-dealkylation sites (tertiary alicyclic amines) is 1. The fourth-order valence-corrected chi connectivity index (χ4v) is 3.95. The number of nitrogens with one attached hydrogen (secondary N) is 1. The molecule has 2 fully saturated rings. The van der Waals surface area contributed by atoms with Crippen LogP contribution in [0.15, 0.2) is 42.7 Å². The molecule has 6 heteroatoms. The van der Waals surface area contributed by atoms with E-state index in [4.69, 9.17) is 4.74 Å². The Balaban J connectivity index is 1.38. The van der Waals surface area contributed by atoms with Crippen LogP contribution in [0, 0.1) is 5.82 Å². The number of ether oxygens (including phenoxy) is 1. The van der Waals surface area contributed by atoms with Crippen molar-refractivity contribution in [2.24, 2.45) is 0 Å². The first-order valence-electron chi connectivity index (χ1n) is 8.86. The van der Waals surface area contributed by atoms with Crippen molar-refractivity contribution >= 4 is 5.82 Å². The third-order valence-corrected chi connectivity index (χ3v) is 5.04. The second-order valence-electron chi connectivity index (χ2n) is 7.01. The number of pyridine rings is 2. The number of nitrogens with zero attached hydrogens (tertiary/aromatic N) is 3. The second-order valence-corrected chi connectivity index (χ2v) is 7.01. The lowest BCUT2D eigenvalue weighted by molar-refractivity contribution is -0.0535. The molecule has 0 radical (unpaired) electrons. The van der Waals surface area contributed by atoms with Crippen LogP contribution in [0.5, 0.6) is 0 Å². The summed E-state index contributed by atoms with van der Waals surface area (Å²) in [7, 11) is 0. The van der Waals surface area contributed by atoms with E-state index in [-0.39, 0.29) is 17.5 Å². The summed E-state index contributed by atoms with van der Waals surface area (Å²) in [5.41, 5.74) is 0.943. The Kier molecular flexibility index (Phi) is 4.63.